The standard InChI is InChI=1S/C25H25N5OS.C13H13NO2S.C13H11NO2S.C12H14N4.C7H4BrNS.C6H8O2/c26-11-16-4-7-23(27-12-16)30-20-5-6-21(30)14-29(13-20)25(31)19-9-17(10-19)8-18-2-1-3-22-24(18)32-15-28-22;2*15-13(16)10-5-8(6-10)4-9-2-1-3-11-12(9)17-7-14-11;13-5-9-1-4-12(15-6-9)16-10-2-3-11(16)8-14-7-10;8-5-2-1-3-6-7(5)10-4-9-6;1-4-2-5(3-4)6(7)8/h1-4,7,12,15,17,19-21H,5-6,8-10,13-14H2;1-3,7-8,10H,4-6H2,(H,15,16);1-4,7,10H,5-6H2,(H,15,16);1,4,6,10-11,14H,2-3,7-8H2;1-4H;5H,1-3H2,(H,7,8). The van der Waals surface area contributed by atoms with E-state index in [2.05, 4.69) is 121 Å². The molecule has 4 aromatic carbocycles. The van der Waals surface area contributed by atoms with Crippen LogP contribution in [0.25, 0.3) is 46.9 Å². The molecule has 10 aromatic rings. The van der Waals surface area contributed by atoms with E-state index in [1.54, 1.807) is 57.7 Å². The number of allylic oxidation sites excluding steroid dienone is 2. The van der Waals surface area contributed by atoms with Crippen molar-refractivity contribution in [2.75, 3.05) is 36.0 Å². The number of aliphatic carboxylic acids is 3. The van der Waals surface area contributed by atoms with Gasteiger partial charge in [-0.05, 0) is 189 Å². The van der Waals surface area contributed by atoms with Crippen molar-refractivity contribution < 1.29 is 34.5 Å². The first-order valence-corrected chi connectivity index (χ1v) is 38.2. The number of likely N-dealkylation sites (tertiary alicyclic amines) is 1. The minimum atomic E-state index is -0.683. The predicted octanol–water partition coefficient (Wildman–Crippen LogP) is 15.1. The number of rotatable bonds is 11. The highest BCUT2D eigenvalue weighted by Gasteiger charge is 2.46. The van der Waals surface area contributed by atoms with E-state index in [1.165, 1.54) is 48.3 Å². The first-order chi connectivity index (χ1) is 48.6. The summed E-state index contributed by atoms with van der Waals surface area (Å²) in [5.74, 6) is 1.19. The average Bonchev–Trinajstić information content (AvgIpc) is 1.63. The van der Waals surface area contributed by atoms with Crippen molar-refractivity contribution in [3.8, 4) is 12.1 Å². The molecule has 4 atom stereocenters. The van der Waals surface area contributed by atoms with Crippen LogP contribution in [0.5, 0.6) is 0 Å². The van der Waals surface area contributed by atoms with Gasteiger partial charge in [0.1, 0.15) is 23.8 Å². The molecule has 512 valence electrons. The van der Waals surface area contributed by atoms with E-state index in [-0.39, 0.29) is 23.7 Å². The Balaban J connectivity index is 0.000000114. The van der Waals surface area contributed by atoms with Crippen molar-refractivity contribution in [2.24, 2.45) is 35.5 Å². The largest absolute Gasteiger partial charge is 0.481 e. The highest BCUT2D eigenvalue weighted by atomic mass is 79.9. The van der Waals surface area contributed by atoms with Gasteiger partial charge in [-0.25, -0.2) is 29.9 Å². The predicted molar refractivity (Wildman–Crippen MR) is 397 cm³/mol. The Bertz CT molecular complexity index is 4680. The van der Waals surface area contributed by atoms with Gasteiger partial charge >= 0.3 is 17.9 Å². The molecule has 4 saturated carbocycles. The second-order valence-corrected chi connectivity index (χ2v) is 31.3. The Labute approximate surface area is 603 Å². The fraction of sp³-hybridized carbons (Fsp3) is 0.368. The number of carbonyl (C=O) groups excluding carboxylic acids is 1. The number of benzene rings is 4. The molecule has 4 aliphatic carbocycles. The molecule has 8 fully saturated rings. The van der Waals surface area contributed by atoms with Gasteiger partial charge in [-0.2, -0.15) is 10.5 Å². The smallest absolute Gasteiger partial charge is 0.307 e. The van der Waals surface area contributed by atoms with Gasteiger partial charge in [0.25, 0.3) is 0 Å². The summed E-state index contributed by atoms with van der Waals surface area (Å²) >= 11 is 10.1. The highest BCUT2D eigenvalue weighted by molar-refractivity contribution is 9.10. The van der Waals surface area contributed by atoms with E-state index >= 15 is 0 Å². The number of amides is 1. The van der Waals surface area contributed by atoms with Crippen LogP contribution in [0, 0.1) is 58.2 Å². The lowest BCUT2D eigenvalue weighted by Gasteiger charge is -2.45. The maximum atomic E-state index is 13.2. The summed E-state index contributed by atoms with van der Waals surface area (Å²) in [6, 6.07) is 38.3. The van der Waals surface area contributed by atoms with Crippen LogP contribution in [0.2, 0.25) is 0 Å². The topological polar surface area (TPSA) is 276 Å². The van der Waals surface area contributed by atoms with Crippen molar-refractivity contribution in [3.63, 3.8) is 0 Å². The quantitative estimate of drug-likeness (QED) is 0.0876. The summed E-state index contributed by atoms with van der Waals surface area (Å²) in [7, 11) is 0. The van der Waals surface area contributed by atoms with Crippen LogP contribution in [-0.2, 0) is 32.0 Å². The molecular formula is C76H75BrN12O7S4. The van der Waals surface area contributed by atoms with Crippen LogP contribution in [0.1, 0.15) is 105 Å². The fourth-order valence-electron chi connectivity index (χ4n) is 14.9. The number of nitrogens with one attached hydrogen (secondary N) is 1. The second kappa shape index (κ2) is 31.8. The number of anilines is 2. The minimum Gasteiger partial charge on any atom is -0.481 e. The average molecular weight is 1480 g/mol. The molecule has 0 radical (unpaired) electrons. The Morgan fingerprint density at radius 1 is 0.530 bits per heavy atom. The molecule has 6 aromatic heterocycles. The first kappa shape index (κ1) is 69.6. The van der Waals surface area contributed by atoms with E-state index in [0.717, 1.165) is 127 Å². The van der Waals surface area contributed by atoms with Gasteiger partial charge in [0.15, 0.2) is 0 Å². The summed E-state index contributed by atoms with van der Waals surface area (Å²) < 4.78 is 6.09. The monoisotopic (exact) mass is 1470 g/mol. The second-order valence-electron chi connectivity index (χ2n) is 27.0. The van der Waals surface area contributed by atoms with Crippen molar-refractivity contribution in [3.05, 3.63) is 182 Å². The zero-order valence-corrected chi connectivity index (χ0v) is 59.7. The van der Waals surface area contributed by atoms with E-state index in [9.17, 15) is 19.2 Å². The lowest BCUT2D eigenvalue weighted by Crippen LogP contribution is -2.57. The maximum Gasteiger partial charge on any atom is 0.307 e. The first-order valence-electron chi connectivity index (χ1n) is 33.9. The van der Waals surface area contributed by atoms with Gasteiger partial charge in [0.2, 0.25) is 5.91 Å². The maximum absolute atomic E-state index is 13.2. The van der Waals surface area contributed by atoms with Crippen molar-refractivity contribution in [2.45, 2.75) is 114 Å². The number of nitrogens with zero attached hydrogens (tertiary/aromatic N) is 11. The molecule has 4 N–H and O–H groups in total. The number of fused-ring (bicyclic) bond motifs is 8. The summed E-state index contributed by atoms with van der Waals surface area (Å²) in [6.07, 6.45) is 18.6. The number of thiazole rings is 4. The van der Waals surface area contributed by atoms with Gasteiger partial charge < -0.3 is 35.3 Å². The zero-order valence-electron chi connectivity index (χ0n) is 54.9. The highest BCUT2D eigenvalue weighted by Crippen LogP contribution is 2.43. The normalized spacial score (nSPS) is 22.9. The number of carboxylic acid groups (broad SMARTS) is 3. The van der Waals surface area contributed by atoms with E-state index in [1.807, 2.05) is 88.8 Å². The van der Waals surface area contributed by atoms with Crippen LogP contribution in [-0.4, -0.2) is 124 Å². The van der Waals surface area contributed by atoms with Crippen LogP contribution in [0.3, 0.4) is 0 Å². The summed E-state index contributed by atoms with van der Waals surface area (Å²) in [4.78, 5) is 77.8. The van der Waals surface area contributed by atoms with Gasteiger partial charge in [-0.1, -0.05) is 66.3 Å². The number of piperazine rings is 2. The van der Waals surface area contributed by atoms with E-state index in [4.69, 9.17) is 25.8 Å². The number of nitriles is 2. The minimum absolute atomic E-state index is 0.110. The number of hydrogen-bond donors (Lipinski definition) is 4. The van der Waals surface area contributed by atoms with Crippen LogP contribution in [0.15, 0.2) is 154 Å². The van der Waals surface area contributed by atoms with Crippen LogP contribution >= 0.6 is 61.3 Å². The Hall–Kier alpha value is -8.88. The Morgan fingerprint density at radius 2 is 0.960 bits per heavy atom. The molecule has 0 spiro atoms. The molecule has 4 aliphatic heterocycles. The fourth-order valence-corrected chi connectivity index (χ4v) is 18.6. The third-order valence-corrected chi connectivity index (χ3v) is 24.9. The van der Waals surface area contributed by atoms with Gasteiger partial charge in [-0.15, -0.1) is 45.3 Å². The van der Waals surface area contributed by atoms with Crippen LogP contribution < -0.4 is 15.1 Å². The lowest BCUT2D eigenvalue weighted by atomic mass is 9.71. The molecule has 4 bridgehead atoms. The van der Waals surface area contributed by atoms with Crippen molar-refractivity contribution >= 4 is 144 Å². The van der Waals surface area contributed by atoms with Gasteiger partial charge in [0.05, 0.1) is 91.8 Å². The number of halogens is 1. The van der Waals surface area contributed by atoms with Crippen molar-refractivity contribution in [1.82, 2.24) is 40.1 Å². The SMILES string of the molecule is Brc1cccc2ncsc12.C=C1CC(C(=O)O)C1.N#Cc1ccc(N2C3CCC2CN(C(=O)C2CC(Cc4cccc5ncsc45)C2)C3)nc1.N#Cc1ccc(N2C3CCC2CNC3)nc1.O=C(O)C1CC(=Cc2cccc3ncsc23)C1.O=C(O)C1CC(Cc2cccc3ncsc23)C1. The third kappa shape index (κ3) is 16.1. The molecular weight excluding hydrogens is 1400 g/mol. The molecule has 100 heavy (non-hydrogen) atoms. The molecule has 10 heterocycles. The number of pyridine rings is 2. The lowest BCUT2D eigenvalue weighted by molar-refractivity contribution is -0.146. The molecule has 4 saturated heterocycles. The van der Waals surface area contributed by atoms with E-state index < -0.39 is 17.9 Å². The molecule has 19 nitrogen and oxygen atoms in total. The van der Waals surface area contributed by atoms with E-state index in [0.29, 0.717) is 78.7 Å². The Kier molecular flexibility index (Phi) is 22.1. The van der Waals surface area contributed by atoms with Gasteiger partial charge in [-0.3, -0.25) is 19.2 Å². The number of carbonyl (C=O) groups is 4. The van der Waals surface area contributed by atoms with Gasteiger partial charge in [0, 0.05) is 73.1 Å². The molecule has 18 rings (SSSR count). The molecule has 24 heteroatoms. The van der Waals surface area contributed by atoms with Crippen molar-refractivity contribution in [1.29, 1.82) is 10.5 Å². The number of hydrogen-bond acceptors (Lipinski definition) is 19. The molecule has 1 amide bonds. The summed E-state index contributed by atoms with van der Waals surface area (Å²) in [5.41, 5.74) is 19.1. The molecule has 4 unspecified atom stereocenters. The Morgan fingerprint density at radius 3 is 1.42 bits per heavy atom. The third-order valence-electron chi connectivity index (χ3n) is 20.4. The zero-order chi connectivity index (χ0) is 69.4. The number of carboxylic acids is 3. The van der Waals surface area contributed by atoms with Crippen LogP contribution in [0.4, 0.5) is 11.6 Å². The summed E-state index contributed by atoms with van der Waals surface area (Å²) in [6.45, 7) is 7.32. The number of aromatic nitrogens is 6. The molecule has 8 aliphatic rings. The summed E-state index contributed by atoms with van der Waals surface area (Å²) in [5, 5.41) is 47.2.